The Morgan fingerprint density at radius 3 is 2.75 bits per heavy atom. The molecule has 0 bridgehead atoms. The summed E-state index contributed by atoms with van der Waals surface area (Å²) in [5.74, 6) is 1.02. The Morgan fingerprint density at radius 1 is 1.20 bits per heavy atom. The topological polar surface area (TPSA) is 65.2 Å². The fraction of sp³-hybridized carbons (Fsp3) is 0.231. The van der Waals surface area contributed by atoms with Crippen molar-refractivity contribution in [2.75, 3.05) is 7.11 Å². The molecule has 0 spiro atoms. The summed E-state index contributed by atoms with van der Waals surface area (Å²) in [5.41, 5.74) is 3.24. The van der Waals surface area contributed by atoms with E-state index in [0.29, 0.717) is 28.1 Å². The summed E-state index contributed by atoms with van der Waals surface area (Å²) in [4.78, 5) is 4.16. The van der Waals surface area contributed by atoms with Crippen LogP contribution >= 0.6 is 11.6 Å². The first kappa shape index (κ1) is 12.8. The maximum Gasteiger partial charge on any atom is 0.224 e. The van der Waals surface area contributed by atoms with Gasteiger partial charge >= 0.3 is 0 Å². The summed E-state index contributed by atoms with van der Waals surface area (Å²) in [6.07, 6.45) is 1.65. The summed E-state index contributed by atoms with van der Waals surface area (Å²) in [5, 5.41) is 13.1. The molecule has 0 aliphatic heterocycles. The number of aryl methyl sites for hydroxylation is 1. The molecule has 3 aromatic heterocycles. The summed E-state index contributed by atoms with van der Waals surface area (Å²) in [7, 11) is 1.56. The Kier molecular flexibility index (Phi) is 3.02. The number of aromatic nitrogens is 5. The molecule has 6 nitrogen and oxygen atoms in total. The summed E-state index contributed by atoms with van der Waals surface area (Å²) >= 11 is 6.15. The van der Waals surface area contributed by atoms with Crippen molar-refractivity contribution >= 4 is 17.2 Å². The van der Waals surface area contributed by atoms with E-state index in [1.165, 1.54) is 0 Å². The zero-order chi connectivity index (χ0) is 14.3. The Bertz CT molecular complexity index is 799. The van der Waals surface area contributed by atoms with Crippen LogP contribution in [0.15, 0.2) is 18.3 Å². The van der Waals surface area contributed by atoms with E-state index in [1.807, 2.05) is 26.0 Å². The first-order chi connectivity index (χ1) is 9.63. The van der Waals surface area contributed by atoms with Crippen LogP contribution in [0.5, 0.6) is 5.88 Å². The fourth-order valence-corrected chi connectivity index (χ4v) is 2.20. The third-order valence-electron chi connectivity index (χ3n) is 3.24. The van der Waals surface area contributed by atoms with Gasteiger partial charge in [0.05, 0.1) is 12.7 Å². The van der Waals surface area contributed by atoms with Gasteiger partial charge in [-0.25, -0.2) is 4.98 Å². The van der Waals surface area contributed by atoms with Crippen LogP contribution in [-0.4, -0.2) is 31.9 Å². The quantitative estimate of drug-likeness (QED) is 0.725. The SMILES string of the molecule is COc1ncccc1-c1nnc2c(C)c(C)c(Cl)nn12. The van der Waals surface area contributed by atoms with Gasteiger partial charge in [0.2, 0.25) is 5.88 Å². The highest BCUT2D eigenvalue weighted by Crippen LogP contribution is 2.28. The van der Waals surface area contributed by atoms with Crippen molar-refractivity contribution in [3.8, 4) is 17.3 Å². The van der Waals surface area contributed by atoms with Gasteiger partial charge in [-0.1, -0.05) is 11.6 Å². The summed E-state index contributed by atoms with van der Waals surface area (Å²) in [6.45, 7) is 3.85. The average molecular weight is 290 g/mol. The number of methoxy groups -OCH3 is 1. The van der Waals surface area contributed by atoms with Gasteiger partial charge in [-0.05, 0) is 31.5 Å². The first-order valence-corrected chi connectivity index (χ1v) is 6.38. The molecule has 20 heavy (non-hydrogen) atoms. The largest absolute Gasteiger partial charge is 0.480 e. The van der Waals surface area contributed by atoms with Gasteiger partial charge in [-0.15, -0.1) is 10.2 Å². The second kappa shape index (κ2) is 4.72. The van der Waals surface area contributed by atoms with Gasteiger partial charge in [-0.3, -0.25) is 0 Å². The molecule has 3 rings (SSSR count). The summed E-state index contributed by atoms with van der Waals surface area (Å²) < 4.78 is 6.86. The molecule has 0 saturated heterocycles. The van der Waals surface area contributed by atoms with Gasteiger partial charge in [0.1, 0.15) is 0 Å². The minimum Gasteiger partial charge on any atom is -0.480 e. The molecule has 0 fully saturated rings. The van der Waals surface area contributed by atoms with Gasteiger partial charge < -0.3 is 4.74 Å². The van der Waals surface area contributed by atoms with Gasteiger partial charge in [-0.2, -0.15) is 9.61 Å². The van der Waals surface area contributed by atoms with E-state index in [4.69, 9.17) is 16.3 Å². The lowest BCUT2D eigenvalue weighted by atomic mass is 10.2. The highest BCUT2D eigenvalue weighted by atomic mass is 35.5. The molecule has 0 saturated carbocycles. The van der Waals surface area contributed by atoms with E-state index in [-0.39, 0.29) is 0 Å². The third-order valence-corrected chi connectivity index (χ3v) is 3.60. The number of hydrogen-bond acceptors (Lipinski definition) is 5. The molecule has 3 aromatic rings. The van der Waals surface area contributed by atoms with E-state index in [1.54, 1.807) is 17.8 Å². The lowest BCUT2D eigenvalue weighted by Crippen LogP contribution is -2.01. The number of fused-ring (bicyclic) bond motifs is 1. The second-order valence-corrected chi connectivity index (χ2v) is 4.72. The molecule has 0 aliphatic carbocycles. The zero-order valence-electron chi connectivity index (χ0n) is 11.3. The number of pyridine rings is 1. The number of nitrogens with zero attached hydrogens (tertiary/aromatic N) is 5. The third kappa shape index (κ3) is 1.80. The molecule has 3 heterocycles. The Morgan fingerprint density at radius 2 is 2.00 bits per heavy atom. The molecule has 0 N–H and O–H groups in total. The summed E-state index contributed by atoms with van der Waals surface area (Å²) in [6, 6.07) is 3.66. The van der Waals surface area contributed by atoms with E-state index >= 15 is 0 Å². The first-order valence-electron chi connectivity index (χ1n) is 6.01. The maximum atomic E-state index is 6.15. The van der Waals surface area contributed by atoms with Crippen LogP contribution in [0.25, 0.3) is 17.0 Å². The van der Waals surface area contributed by atoms with Gasteiger partial charge in [0.25, 0.3) is 0 Å². The molecular formula is C13H12ClN5O. The number of rotatable bonds is 2. The second-order valence-electron chi connectivity index (χ2n) is 4.36. The van der Waals surface area contributed by atoms with Gasteiger partial charge in [0, 0.05) is 11.8 Å². The van der Waals surface area contributed by atoms with Crippen LogP contribution in [0.3, 0.4) is 0 Å². The molecule has 0 atom stereocenters. The van der Waals surface area contributed by atoms with Crippen LogP contribution in [-0.2, 0) is 0 Å². The highest BCUT2D eigenvalue weighted by molar-refractivity contribution is 6.30. The van der Waals surface area contributed by atoms with Crippen LogP contribution < -0.4 is 4.74 Å². The van der Waals surface area contributed by atoms with E-state index in [2.05, 4.69) is 20.3 Å². The van der Waals surface area contributed by atoms with Crippen molar-refractivity contribution in [1.82, 2.24) is 24.8 Å². The predicted molar refractivity (Wildman–Crippen MR) is 75.0 cm³/mol. The van der Waals surface area contributed by atoms with E-state index < -0.39 is 0 Å². The Labute approximate surface area is 120 Å². The normalized spacial score (nSPS) is 11.0. The minimum atomic E-state index is 0.430. The number of hydrogen-bond donors (Lipinski definition) is 0. The van der Waals surface area contributed by atoms with Crippen LogP contribution in [0.1, 0.15) is 11.1 Å². The lowest BCUT2D eigenvalue weighted by Gasteiger charge is -2.07. The van der Waals surface area contributed by atoms with Crippen molar-refractivity contribution in [2.24, 2.45) is 0 Å². The molecule has 0 amide bonds. The monoisotopic (exact) mass is 289 g/mol. The van der Waals surface area contributed by atoms with Crippen LogP contribution in [0.4, 0.5) is 0 Å². The number of halogens is 1. The standard InChI is InChI=1S/C13H12ClN5O/c1-7-8(2)11-16-17-12(19(11)18-10(7)14)9-5-4-6-15-13(9)20-3/h4-6H,1-3H3. The molecular weight excluding hydrogens is 278 g/mol. The Hall–Kier alpha value is -2.21. The lowest BCUT2D eigenvalue weighted by molar-refractivity contribution is 0.399. The molecule has 102 valence electrons. The van der Waals surface area contributed by atoms with E-state index in [9.17, 15) is 0 Å². The van der Waals surface area contributed by atoms with Gasteiger partial charge in [0.15, 0.2) is 16.6 Å². The molecule has 0 aliphatic rings. The van der Waals surface area contributed by atoms with Crippen LogP contribution in [0.2, 0.25) is 5.15 Å². The predicted octanol–water partition coefficient (Wildman–Crippen LogP) is 2.47. The smallest absolute Gasteiger partial charge is 0.224 e. The highest BCUT2D eigenvalue weighted by Gasteiger charge is 2.17. The molecule has 0 radical (unpaired) electrons. The van der Waals surface area contributed by atoms with Crippen molar-refractivity contribution in [1.29, 1.82) is 0 Å². The zero-order valence-corrected chi connectivity index (χ0v) is 12.0. The molecule has 0 unspecified atom stereocenters. The number of ether oxygens (including phenoxy) is 1. The minimum absolute atomic E-state index is 0.430. The molecule has 7 heteroatoms. The van der Waals surface area contributed by atoms with Crippen molar-refractivity contribution in [2.45, 2.75) is 13.8 Å². The Balaban J connectivity index is 2.33. The van der Waals surface area contributed by atoms with Crippen molar-refractivity contribution in [3.63, 3.8) is 0 Å². The molecule has 0 aromatic carbocycles. The van der Waals surface area contributed by atoms with Crippen molar-refractivity contribution in [3.05, 3.63) is 34.6 Å². The average Bonchev–Trinajstić information content (AvgIpc) is 2.88. The van der Waals surface area contributed by atoms with Crippen LogP contribution in [0, 0.1) is 13.8 Å². The van der Waals surface area contributed by atoms with E-state index in [0.717, 1.165) is 11.1 Å². The fourth-order valence-electron chi connectivity index (χ4n) is 1.99. The van der Waals surface area contributed by atoms with Crippen molar-refractivity contribution < 1.29 is 4.74 Å². The maximum absolute atomic E-state index is 6.15.